The van der Waals surface area contributed by atoms with E-state index in [-0.39, 0.29) is 0 Å². The van der Waals surface area contributed by atoms with Gasteiger partial charge < -0.3 is 4.42 Å². The van der Waals surface area contributed by atoms with Gasteiger partial charge in [-0.1, -0.05) is 39.5 Å². The van der Waals surface area contributed by atoms with Crippen LogP contribution in [0.25, 0.3) is 12.2 Å². The number of hydrogen-bond acceptors (Lipinski definition) is 2. The van der Waals surface area contributed by atoms with Crippen LogP contribution in [0.3, 0.4) is 0 Å². The normalized spacial score (nSPS) is 13.5. The van der Waals surface area contributed by atoms with E-state index in [1.165, 1.54) is 18.4 Å². The summed E-state index contributed by atoms with van der Waals surface area (Å²) in [6.07, 6.45) is 9.34. The Balaban J connectivity index is 2.95. The molecule has 1 atom stereocenters. The fraction of sp³-hybridized carbons (Fsp3) is 0.357. The van der Waals surface area contributed by atoms with E-state index < -0.39 is 0 Å². The molecule has 2 heteroatoms. The van der Waals surface area contributed by atoms with Crippen molar-refractivity contribution in [2.45, 2.75) is 26.7 Å². The molecule has 0 amide bonds. The largest absolute Gasteiger partial charge is 0.444 e. The van der Waals surface area contributed by atoms with Gasteiger partial charge >= 0.3 is 0 Å². The van der Waals surface area contributed by atoms with Crippen molar-refractivity contribution < 1.29 is 4.42 Å². The first kappa shape index (κ1) is 12.5. The third-order valence-electron chi connectivity index (χ3n) is 2.64. The highest BCUT2D eigenvalue weighted by atomic mass is 16.3. The zero-order chi connectivity index (χ0) is 12.0. The Bertz CT molecular complexity index is 387. The summed E-state index contributed by atoms with van der Waals surface area (Å²) in [5.41, 5.74) is 2.02. The number of allylic oxidation sites excluding steroid dienone is 2. The van der Waals surface area contributed by atoms with Crippen LogP contribution in [0.4, 0.5) is 0 Å². The molecule has 0 spiro atoms. The monoisotopic (exact) mass is 217 g/mol. The fourth-order valence-corrected chi connectivity index (χ4v) is 1.68. The first-order valence-corrected chi connectivity index (χ1v) is 5.62. The molecule has 1 aromatic heterocycles. The fourth-order valence-electron chi connectivity index (χ4n) is 1.68. The minimum absolute atomic E-state index is 0.497. The third kappa shape index (κ3) is 2.96. The smallest absolute Gasteiger partial charge is 0.181 e. The van der Waals surface area contributed by atoms with E-state index in [2.05, 4.69) is 32.0 Å². The molecule has 0 radical (unpaired) electrons. The minimum atomic E-state index is 0.497. The van der Waals surface area contributed by atoms with Crippen molar-refractivity contribution in [3.05, 3.63) is 42.7 Å². The number of hydrogen-bond donors (Lipinski definition) is 0. The number of aromatic nitrogens is 1. The summed E-state index contributed by atoms with van der Waals surface area (Å²) in [6, 6.07) is 0. The number of rotatable bonds is 6. The molecular formula is C14H19NO. The predicted octanol–water partition coefficient (Wildman–Crippen LogP) is 4.32. The molecule has 0 aliphatic rings. The lowest BCUT2D eigenvalue weighted by atomic mass is 9.95. The topological polar surface area (TPSA) is 26.0 Å². The van der Waals surface area contributed by atoms with Crippen molar-refractivity contribution in [1.29, 1.82) is 0 Å². The van der Waals surface area contributed by atoms with Gasteiger partial charge in [0.2, 0.25) is 0 Å². The van der Waals surface area contributed by atoms with Gasteiger partial charge in [0.25, 0.3) is 0 Å². The Labute approximate surface area is 97.4 Å². The Morgan fingerprint density at radius 2 is 2.31 bits per heavy atom. The number of nitrogens with zero attached hydrogens (tertiary/aromatic N) is 1. The summed E-state index contributed by atoms with van der Waals surface area (Å²) < 4.78 is 5.19. The molecule has 16 heavy (non-hydrogen) atoms. The van der Waals surface area contributed by atoms with Crippen LogP contribution < -0.4 is 0 Å². The van der Waals surface area contributed by atoms with Gasteiger partial charge in [0, 0.05) is 0 Å². The average molecular weight is 217 g/mol. The molecule has 2 nitrogen and oxygen atoms in total. The summed E-state index contributed by atoms with van der Waals surface area (Å²) in [6.45, 7) is 11.9. The van der Waals surface area contributed by atoms with E-state index in [0.29, 0.717) is 11.7 Å². The van der Waals surface area contributed by atoms with E-state index in [9.17, 15) is 0 Å². The highest BCUT2D eigenvalue weighted by Gasteiger charge is 2.07. The zero-order valence-electron chi connectivity index (χ0n) is 10.1. The maximum absolute atomic E-state index is 5.19. The van der Waals surface area contributed by atoms with Gasteiger partial charge in [0.15, 0.2) is 12.2 Å². The second kappa shape index (κ2) is 6.11. The molecule has 1 aromatic rings. The Kier molecular flexibility index (Phi) is 4.77. The lowest BCUT2D eigenvalue weighted by Crippen LogP contribution is -1.96. The van der Waals surface area contributed by atoms with E-state index >= 15 is 0 Å². The van der Waals surface area contributed by atoms with Crippen molar-refractivity contribution in [3.63, 3.8) is 0 Å². The molecule has 1 rings (SSSR count). The lowest BCUT2D eigenvalue weighted by molar-refractivity contribution is 0.548. The standard InChI is InChI=1S/C14H19NO/c1-5-8-11(4)12(6-2)9-13-14(7-3)16-10-15-13/h6-7,9-11H,2-3,5,8H2,1,4H3/b12-9+. The zero-order valence-corrected chi connectivity index (χ0v) is 10.1. The Hall–Kier alpha value is -1.57. The van der Waals surface area contributed by atoms with Gasteiger partial charge in [-0.3, -0.25) is 0 Å². The van der Waals surface area contributed by atoms with Crippen LogP contribution in [-0.4, -0.2) is 4.98 Å². The van der Waals surface area contributed by atoms with Crippen molar-refractivity contribution in [3.8, 4) is 0 Å². The molecule has 1 unspecified atom stereocenters. The quantitative estimate of drug-likeness (QED) is 0.663. The van der Waals surface area contributed by atoms with Crippen LogP contribution in [0.1, 0.15) is 38.1 Å². The summed E-state index contributed by atoms with van der Waals surface area (Å²) in [4.78, 5) is 4.16. The van der Waals surface area contributed by atoms with Gasteiger partial charge in [0.1, 0.15) is 5.69 Å². The first-order chi connectivity index (χ1) is 7.72. The molecule has 0 N–H and O–H groups in total. The first-order valence-electron chi connectivity index (χ1n) is 5.62. The number of oxazole rings is 1. The van der Waals surface area contributed by atoms with Gasteiger partial charge in [-0.25, -0.2) is 4.98 Å². The average Bonchev–Trinajstić information content (AvgIpc) is 2.73. The molecule has 0 aliphatic heterocycles. The van der Waals surface area contributed by atoms with Crippen molar-refractivity contribution >= 4 is 12.2 Å². The maximum atomic E-state index is 5.19. The molecule has 86 valence electrons. The summed E-state index contributed by atoms with van der Waals surface area (Å²) in [7, 11) is 0. The van der Waals surface area contributed by atoms with E-state index in [4.69, 9.17) is 4.42 Å². The van der Waals surface area contributed by atoms with E-state index in [1.807, 2.05) is 12.2 Å². The molecule has 0 aromatic carbocycles. The van der Waals surface area contributed by atoms with Crippen molar-refractivity contribution in [2.24, 2.45) is 5.92 Å². The third-order valence-corrected chi connectivity index (χ3v) is 2.64. The van der Waals surface area contributed by atoms with Crippen LogP contribution in [0.5, 0.6) is 0 Å². The van der Waals surface area contributed by atoms with Gasteiger partial charge in [-0.2, -0.15) is 0 Å². The Morgan fingerprint density at radius 1 is 1.56 bits per heavy atom. The highest BCUT2D eigenvalue weighted by molar-refractivity contribution is 5.60. The van der Waals surface area contributed by atoms with Crippen LogP contribution in [0.2, 0.25) is 0 Å². The van der Waals surface area contributed by atoms with Crippen LogP contribution in [0, 0.1) is 5.92 Å². The molecule has 0 fully saturated rings. The van der Waals surface area contributed by atoms with E-state index in [0.717, 1.165) is 12.1 Å². The van der Waals surface area contributed by atoms with Crippen LogP contribution in [-0.2, 0) is 0 Å². The minimum Gasteiger partial charge on any atom is -0.444 e. The molecule has 0 bridgehead atoms. The SMILES string of the molecule is C=C/C(=C\c1ncoc1C=C)C(C)CCC. The van der Waals surface area contributed by atoms with Crippen LogP contribution >= 0.6 is 0 Å². The van der Waals surface area contributed by atoms with Crippen LogP contribution in [0.15, 0.2) is 35.6 Å². The Morgan fingerprint density at radius 3 is 2.88 bits per heavy atom. The second-order valence-corrected chi connectivity index (χ2v) is 3.84. The molecule has 0 aliphatic carbocycles. The lowest BCUT2D eigenvalue weighted by Gasteiger charge is -2.10. The summed E-state index contributed by atoms with van der Waals surface area (Å²) >= 11 is 0. The van der Waals surface area contributed by atoms with Gasteiger partial charge in [-0.05, 0) is 30.1 Å². The molecule has 1 heterocycles. The van der Waals surface area contributed by atoms with Gasteiger partial charge in [0.05, 0.1) is 0 Å². The molecule has 0 saturated heterocycles. The second-order valence-electron chi connectivity index (χ2n) is 3.84. The summed E-state index contributed by atoms with van der Waals surface area (Å²) in [5, 5.41) is 0. The van der Waals surface area contributed by atoms with E-state index in [1.54, 1.807) is 6.08 Å². The van der Waals surface area contributed by atoms with Gasteiger partial charge in [-0.15, -0.1) is 0 Å². The van der Waals surface area contributed by atoms with Crippen molar-refractivity contribution in [2.75, 3.05) is 0 Å². The predicted molar refractivity (Wildman–Crippen MR) is 68.8 cm³/mol. The summed E-state index contributed by atoms with van der Waals surface area (Å²) in [5.74, 6) is 1.21. The molecular weight excluding hydrogens is 198 g/mol. The van der Waals surface area contributed by atoms with Crippen molar-refractivity contribution in [1.82, 2.24) is 4.98 Å². The highest BCUT2D eigenvalue weighted by Crippen LogP contribution is 2.21. The molecule has 0 saturated carbocycles. The maximum Gasteiger partial charge on any atom is 0.181 e.